The number of amides is 1. The smallest absolute Gasteiger partial charge is 0.381 e. The molecule has 0 bridgehead atoms. The summed E-state index contributed by atoms with van der Waals surface area (Å²) >= 11 is 0. The van der Waals surface area contributed by atoms with Crippen LogP contribution in [0.1, 0.15) is 31.7 Å². The Balaban J connectivity index is 1.99. The number of carbonyl (C=O) groups is 2. The monoisotopic (exact) mass is 388 g/mol. The van der Waals surface area contributed by atoms with Gasteiger partial charge in [0.2, 0.25) is 11.7 Å². The van der Waals surface area contributed by atoms with Gasteiger partial charge in [-0.15, -0.1) is 0 Å². The van der Waals surface area contributed by atoms with Crippen LogP contribution in [0.15, 0.2) is 36.5 Å². The minimum absolute atomic E-state index is 0.122. The number of carbonyl (C=O) groups excluding carboxylic acids is 2. The number of imidazole rings is 1. The Morgan fingerprint density at radius 2 is 1.96 bits per heavy atom. The topological polar surface area (TPSA) is 116 Å². The highest BCUT2D eigenvalue weighted by atomic mass is 16.6. The number of aromatic nitrogens is 2. The van der Waals surface area contributed by atoms with Gasteiger partial charge in [-0.1, -0.05) is 44.2 Å². The first kappa shape index (κ1) is 21.1. The Kier molecular flexibility index (Phi) is 7.25. The Labute approximate surface area is 162 Å². The second kappa shape index (κ2) is 9.63. The molecule has 0 fully saturated rings. The quantitative estimate of drug-likeness (QED) is 0.400. The number of hydrogen-bond acceptors (Lipinski definition) is 6. The minimum Gasteiger partial charge on any atom is -0.459 e. The average Bonchev–Trinajstić information content (AvgIpc) is 3.00. The maximum Gasteiger partial charge on any atom is 0.381 e. The number of hydrogen-bond donors (Lipinski definition) is 1. The summed E-state index contributed by atoms with van der Waals surface area (Å²) in [6, 6.07) is 8.47. The van der Waals surface area contributed by atoms with Crippen molar-refractivity contribution in [1.82, 2.24) is 14.9 Å². The van der Waals surface area contributed by atoms with E-state index in [1.807, 2.05) is 44.2 Å². The first-order valence-corrected chi connectivity index (χ1v) is 8.94. The molecule has 1 aromatic carbocycles. The SMILES string of the molecule is Cc1nc([N+](=O)[O-])cn1CC(=O)N[C@@H](CC(C)C)C(=O)OCc1ccccc1. The van der Waals surface area contributed by atoms with E-state index in [1.165, 1.54) is 10.8 Å². The highest BCUT2D eigenvalue weighted by Crippen LogP contribution is 2.11. The van der Waals surface area contributed by atoms with E-state index in [0.29, 0.717) is 12.2 Å². The lowest BCUT2D eigenvalue weighted by molar-refractivity contribution is -0.389. The van der Waals surface area contributed by atoms with Gasteiger partial charge < -0.3 is 20.2 Å². The van der Waals surface area contributed by atoms with Crippen molar-refractivity contribution in [2.24, 2.45) is 5.92 Å². The molecular weight excluding hydrogens is 364 g/mol. The largest absolute Gasteiger partial charge is 0.459 e. The zero-order valence-electron chi connectivity index (χ0n) is 16.1. The predicted octanol–water partition coefficient (Wildman–Crippen LogP) is 2.37. The molecule has 0 saturated carbocycles. The number of nitrogens with one attached hydrogen (secondary N) is 1. The van der Waals surface area contributed by atoms with Crippen molar-refractivity contribution in [3.8, 4) is 0 Å². The number of aryl methyl sites for hydroxylation is 1. The molecule has 0 saturated heterocycles. The van der Waals surface area contributed by atoms with Crippen LogP contribution < -0.4 is 5.32 Å². The molecule has 1 atom stereocenters. The van der Waals surface area contributed by atoms with Gasteiger partial charge in [0.15, 0.2) is 0 Å². The summed E-state index contributed by atoms with van der Waals surface area (Å²) in [7, 11) is 0. The van der Waals surface area contributed by atoms with E-state index >= 15 is 0 Å². The summed E-state index contributed by atoms with van der Waals surface area (Å²) < 4.78 is 6.71. The van der Waals surface area contributed by atoms with Gasteiger partial charge in [-0.3, -0.25) is 9.36 Å². The number of rotatable bonds is 9. The van der Waals surface area contributed by atoms with Crippen molar-refractivity contribution in [1.29, 1.82) is 0 Å². The van der Waals surface area contributed by atoms with E-state index in [4.69, 9.17) is 4.74 Å². The number of esters is 1. The molecule has 9 heteroatoms. The van der Waals surface area contributed by atoms with Crippen LogP contribution in [-0.2, 0) is 27.5 Å². The highest BCUT2D eigenvalue weighted by Gasteiger charge is 2.25. The third-order valence-electron chi connectivity index (χ3n) is 4.02. The van der Waals surface area contributed by atoms with Gasteiger partial charge in [-0.2, -0.15) is 0 Å². The molecular formula is C19H24N4O5. The predicted molar refractivity (Wildman–Crippen MR) is 101 cm³/mol. The lowest BCUT2D eigenvalue weighted by atomic mass is 10.0. The van der Waals surface area contributed by atoms with Crippen LogP contribution >= 0.6 is 0 Å². The minimum atomic E-state index is -0.796. The lowest BCUT2D eigenvalue weighted by Crippen LogP contribution is -2.44. The summed E-state index contributed by atoms with van der Waals surface area (Å²) in [5.41, 5.74) is 0.854. The van der Waals surface area contributed by atoms with Crippen molar-refractivity contribution in [3.05, 3.63) is 58.0 Å². The lowest BCUT2D eigenvalue weighted by Gasteiger charge is -2.19. The Hall–Kier alpha value is -3.23. The third kappa shape index (κ3) is 6.19. The fourth-order valence-electron chi connectivity index (χ4n) is 2.65. The van der Waals surface area contributed by atoms with Crippen LogP contribution in [0.3, 0.4) is 0 Å². The Morgan fingerprint density at radius 1 is 1.29 bits per heavy atom. The molecule has 0 aliphatic rings. The van der Waals surface area contributed by atoms with Gasteiger partial charge in [0.1, 0.15) is 25.4 Å². The van der Waals surface area contributed by atoms with Crippen molar-refractivity contribution in [2.75, 3.05) is 0 Å². The Bertz CT molecular complexity index is 832. The molecule has 1 N–H and O–H groups in total. The molecule has 0 aliphatic carbocycles. The standard InChI is InChI=1S/C19H24N4O5/c1-13(2)9-16(19(25)28-12-15-7-5-4-6-8-15)21-18(24)11-22-10-17(23(26)27)20-14(22)3/h4-8,10,13,16H,9,11-12H2,1-3H3,(H,21,24)/t16-/m0/s1. The van der Waals surface area contributed by atoms with E-state index in [2.05, 4.69) is 10.3 Å². The van der Waals surface area contributed by atoms with Crippen molar-refractivity contribution < 1.29 is 19.2 Å². The van der Waals surface area contributed by atoms with Crippen LogP contribution in [0.2, 0.25) is 0 Å². The molecule has 2 rings (SSSR count). The second-order valence-electron chi connectivity index (χ2n) is 6.87. The summed E-state index contributed by atoms with van der Waals surface area (Å²) in [4.78, 5) is 38.8. The number of nitrogens with zero attached hydrogens (tertiary/aromatic N) is 3. The number of nitro groups is 1. The molecule has 0 unspecified atom stereocenters. The molecule has 0 spiro atoms. The van der Waals surface area contributed by atoms with Gasteiger partial charge in [-0.25, -0.2) is 4.79 Å². The van der Waals surface area contributed by atoms with E-state index in [1.54, 1.807) is 6.92 Å². The summed E-state index contributed by atoms with van der Waals surface area (Å²) in [6.45, 7) is 5.39. The molecule has 1 heterocycles. The summed E-state index contributed by atoms with van der Waals surface area (Å²) in [5, 5.41) is 13.5. The van der Waals surface area contributed by atoms with Crippen LogP contribution in [0.25, 0.3) is 0 Å². The molecule has 0 aliphatic heterocycles. The first-order valence-electron chi connectivity index (χ1n) is 8.94. The summed E-state index contributed by atoms with van der Waals surface area (Å²) in [5.74, 6) is -0.789. The molecule has 2 aromatic rings. The molecule has 28 heavy (non-hydrogen) atoms. The van der Waals surface area contributed by atoms with Crippen molar-refractivity contribution in [2.45, 2.75) is 46.4 Å². The van der Waals surface area contributed by atoms with Gasteiger partial charge in [0.05, 0.1) is 0 Å². The molecule has 1 amide bonds. The van der Waals surface area contributed by atoms with Gasteiger partial charge in [0.25, 0.3) is 0 Å². The third-order valence-corrected chi connectivity index (χ3v) is 4.02. The molecule has 150 valence electrons. The molecule has 1 aromatic heterocycles. The van der Waals surface area contributed by atoms with Gasteiger partial charge in [0, 0.05) is 6.92 Å². The normalized spacial score (nSPS) is 11.9. The average molecular weight is 388 g/mol. The molecule has 9 nitrogen and oxygen atoms in total. The van der Waals surface area contributed by atoms with E-state index in [0.717, 1.165) is 5.56 Å². The maximum absolute atomic E-state index is 12.5. The van der Waals surface area contributed by atoms with Crippen LogP contribution in [0.5, 0.6) is 0 Å². The van der Waals surface area contributed by atoms with Crippen molar-refractivity contribution >= 4 is 17.7 Å². The van der Waals surface area contributed by atoms with Crippen molar-refractivity contribution in [3.63, 3.8) is 0 Å². The van der Waals surface area contributed by atoms with Crippen LogP contribution in [-0.4, -0.2) is 32.4 Å². The highest BCUT2D eigenvalue weighted by molar-refractivity contribution is 5.84. The number of ether oxygens (including phenoxy) is 1. The Morgan fingerprint density at radius 3 is 2.54 bits per heavy atom. The second-order valence-corrected chi connectivity index (χ2v) is 6.87. The van der Waals surface area contributed by atoms with Crippen LogP contribution in [0, 0.1) is 23.0 Å². The van der Waals surface area contributed by atoms with Crippen LogP contribution in [0.4, 0.5) is 5.82 Å². The van der Waals surface area contributed by atoms with Gasteiger partial charge >= 0.3 is 11.8 Å². The maximum atomic E-state index is 12.5. The van der Waals surface area contributed by atoms with E-state index < -0.39 is 22.8 Å². The number of benzene rings is 1. The van der Waals surface area contributed by atoms with E-state index in [-0.39, 0.29) is 24.9 Å². The van der Waals surface area contributed by atoms with Gasteiger partial charge in [-0.05, 0) is 27.8 Å². The zero-order valence-corrected chi connectivity index (χ0v) is 16.1. The molecule has 0 radical (unpaired) electrons. The van der Waals surface area contributed by atoms with E-state index in [9.17, 15) is 19.7 Å². The summed E-state index contributed by atoms with van der Waals surface area (Å²) in [6.07, 6.45) is 1.61. The fourth-order valence-corrected chi connectivity index (χ4v) is 2.65. The fraction of sp³-hybridized carbons (Fsp3) is 0.421. The zero-order chi connectivity index (χ0) is 20.7. The first-order chi connectivity index (χ1) is 13.3.